The van der Waals surface area contributed by atoms with Crippen LogP contribution in [0.4, 0.5) is 5.13 Å². The molecule has 0 aliphatic carbocycles. The predicted octanol–water partition coefficient (Wildman–Crippen LogP) is 2.83. The molecule has 22 heavy (non-hydrogen) atoms. The van der Waals surface area contributed by atoms with E-state index in [0.717, 1.165) is 16.8 Å². The van der Waals surface area contributed by atoms with Gasteiger partial charge in [0, 0.05) is 17.1 Å². The van der Waals surface area contributed by atoms with Crippen molar-refractivity contribution in [3.05, 3.63) is 51.3 Å². The van der Waals surface area contributed by atoms with E-state index in [-0.39, 0.29) is 5.56 Å². The summed E-state index contributed by atoms with van der Waals surface area (Å²) >= 11 is 4.59. The Morgan fingerprint density at radius 1 is 1.32 bits per heavy atom. The summed E-state index contributed by atoms with van der Waals surface area (Å²) in [6.45, 7) is 0. The van der Waals surface area contributed by atoms with Gasteiger partial charge < -0.3 is 4.42 Å². The van der Waals surface area contributed by atoms with Crippen LogP contribution in [0, 0.1) is 0 Å². The van der Waals surface area contributed by atoms with Crippen LogP contribution in [0.1, 0.15) is 15.4 Å². The molecular formula is C14H10BrN3O3S. The summed E-state index contributed by atoms with van der Waals surface area (Å²) in [5.74, 6) is -0.555. The van der Waals surface area contributed by atoms with Crippen LogP contribution in [0.5, 0.6) is 0 Å². The first-order valence-electron chi connectivity index (χ1n) is 6.40. The van der Waals surface area contributed by atoms with Crippen LogP contribution >= 0.6 is 27.3 Å². The second kappa shape index (κ2) is 6.37. The van der Waals surface area contributed by atoms with Gasteiger partial charge in [-0.1, -0.05) is 45.5 Å². The van der Waals surface area contributed by atoms with E-state index in [1.54, 1.807) is 24.3 Å². The van der Waals surface area contributed by atoms with Crippen LogP contribution in [-0.2, 0) is 6.42 Å². The van der Waals surface area contributed by atoms with Crippen molar-refractivity contribution in [2.24, 2.45) is 0 Å². The molecule has 0 spiro atoms. The molecular weight excluding hydrogens is 370 g/mol. The van der Waals surface area contributed by atoms with Crippen molar-refractivity contribution >= 4 is 49.3 Å². The first-order chi connectivity index (χ1) is 10.7. The lowest BCUT2D eigenvalue weighted by atomic mass is 10.2. The molecule has 0 saturated heterocycles. The van der Waals surface area contributed by atoms with Crippen LogP contribution in [0.25, 0.3) is 11.0 Å². The minimum absolute atomic E-state index is 0.0593. The molecule has 3 aromatic rings. The molecule has 0 atom stereocenters. The fourth-order valence-electron chi connectivity index (χ4n) is 1.87. The van der Waals surface area contributed by atoms with E-state index in [0.29, 0.717) is 16.1 Å². The number of alkyl halides is 1. The van der Waals surface area contributed by atoms with Gasteiger partial charge in [-0.15, -0.1) is 10.2 Å². The van der Waals surface area contributed by atoms with Crippen molar-refractivity contribution in [1.82, 2.24) is 10.2 Å². The Balaban J connectivity index is 1.88. The Kier molecular flexibility index (Phi) is 4.30. The number of carbonyl (C=O) groups is 1. The molecule has 0 saturated carbocycles. The Bertz CT molecular complexity index is 890. The maximum Gasteiger partial charge on any atom is 0.349 e. The lowest BCUT2D eigenvalue weighted by molar-refractivity contribution is 0.102. The van der Waals surface area contributed by atoms with E-state index in [1.165, 1.54) is 17.4 Å². The second-order valence-electron chi connectivity index (χ2n) is 4.38. The van der Waals surface area contributed by atoms with Crippen LogP contribution in [0.3, 0.4) is 0 Å². The first-order valence-corrected chi connectivity index (χ1v) is 8.34. The Hall–Kier alpha value is -2.06. The Labute approximate surface area is 137 Å². The summed E-state index contributed by atoms with van der Waals surface area (Å²) in [5.41, 5.74) is -0.295. The van der Waals surface area contributed by atoms with E-state index in [2.05, 4.69) is 31.4 Å². The highest BCUT2D eigenvalue weighted by Crippen LogP contribution is 2.18. The first kappa shape index (κ1) is 14.9. The zero-order valence-electron chi connectivity index (χ0n) is 11.2. The van der Waals surface area contributed by atoms with Crippen molar-refractivity contribution in [2.75, 3.05) is 10.6 Å². The smallest absolute Gasteiger partial charge is 0.349 e. The van der Waals surface area contributed by atoms with Gasteiger partial charge >= 0.3 is 5.63 Å². The van der Waals surface area contributed by atoms with Gasteiger partial charge in [-0.25, -0.2) is 4.79 Å². The Morgan fingerprint density at radius 3 is 2.95 bits per heavy atom. The SMILES string of the molecule is O=C(Nc1nnc(CCBr)s1)c1cc2ccccc2oc1=O. The minimum Gasteiger partial charge on any atom is -0.422 e. The fraction of sp³-hybridized carbons (Fsp3) is 0.143. The van der Waals surface area contributed by atoms with Gasteiger partial charge in [0.1, 0.15) is 16.2 Å². The highest BCUT2D eigenvalue weighted by atomic mass is 79.9. The van der Waals surface area contributed by atoms with Crippen LogP contribution in [0.2, 0.25) is 0 Å². The number of nitrogens with zero attached hydrogens (tertiary/aromatic N) is 2. The number of benzene rings is 1. The molecule has 6 nitrogen and oxygen atoms in total. The van der Waals surface area contributed by atoms with Crippen LogP contribution in [-0.4, -0.2) is 21.4 Å². The van der Waals surface area contributed by atoms with Gasteiger partial charge in [0.05, 0.1) is 0 Å². The van der Waals surface area contributed by atoms with Crippen LogP contribution < -0.4 is 10.9 Å². The van der Waals surface area contributed by atoms with E-state index in [9.17, 15) is 9.59 Å². The van der Waals surface area contributed by atoms with Crippen molar-refractivity contribution in [1.29, 1.82) is 0 Å². The number of aromatic nitrogens is 2. The van der Waals surface area contributed by atoms with Crippen molar-refractivity contribution in [2.45, 2.75) is 6.42 Å². The molecule has 0 fully saturated rings. The summed E-state index contributed by atoms with van der Waals surface area (Å²) < 4.78 is 5.14. The van der Waals surface area contributed by atoms with E-state index >= 15 is 0 Å². The molecule has 1 aromatic carbocycles. The summed E-state index contributed by atoms with van der Waals surface area (Å²) in [4.78, 5) is 24.1. The number of fused-ring (bicyclic) bond motifs is 1. The number of aryl methyl sites for hydroxylation is 1. The average Bonchev–Trinajstić information content (AvgIpc) is 2.94. The lowest BCUT2D eigenvalue weighted by Crippen LogP contribution is -2.20. The second-order valence-corrected chi connectivity index (χ2v) is 6.23. The minimum atomic E-state index is -0.679. The third-order valence-corrected chi connectivity index (χ3v) is 4.18. The molecule has 112 valence electrons. The van der Waals surface area contributed by atoms with Gasteiger partial charge in [-0.05, 0) is 12.1 Å². The lowest BCUT2D eigenvalue weighted by Gasteiger charge is -2.01. The quantitative estimate of drug-likeness (QED) is 0.556. The number of carbonyl (C=O) groups excluding carboxylic acids is 1. The van der Waals surface area contributed by atoms with Crippen LogP contribution in [0.15, 0.2) is 39.5 Å². The fourth-order valence-corrected chi connectivity index (χ4v) is 3.24. The van der Waals surface area contributed by atoms with Crippen molar-refractivity contribution < 1.29 is 9.21 Å². The van der Waals surface area contributed by atoms with Crippen molar-refractivity contribution in [3.8, 4) is 0 Å². The van der Waals surface area contributed by atoms with Gasteiger partial charge in [0.15, 0.2) is 0 Å². The topological polar surface area (TPSA) is 85.1 Å². The molecule has 1 N–H and O–H groups in total. The van der Waals surface area contributed by atoms with Crippen molar-refractivity contribution in [3.63, 3.8) is 0 Å². The van der Waals surface area contributed by atoms with Gasteiger partial charge in [0.2, 0.25) is 5.13 Å². The van der Waals surface area contributed by atoms with Gasteiger partial charge in [0.25, 0.3) is 5.91 Å². The third kappa shape index (κ3) is 3.07. The van der Waals surface area contributed by atoms with E-state index in [1.807, 2.05) is 0 Å². The van der Waals surface area contributed by atoms with Gasteiger partial charge in [-0.2, -0.15) is 0 Å². The molecule has 0 radical (unpaired) electrons. The molecule has 0 aliphatic heterocycles. The number of anilines is 1. The number of halogens is 1. The highest BCUT2D eigenvalue weighted by Gasteiger charge is 2.15. The molecule has 0 aliphatic rings. The summed E-state index contributed by atoms with van der Waals surface area (Å²) in [5, 5.41) is 13.0. The Morgan fingerprint density at radius 2 is 2.14 bits per heavy atom. The monoisotopic (exact) mass is 379 g/mol. The summed E-state index contributed by atoms with van der Waals surface area (Å²) in [6.07, 6.45) is 0.728. The summed E-state index contributed by atoms with van der Waals surface area (Å²) in [6, 6.07) is 8.53. The molecule has 3 rings (SSSR count). The van der Waals surface area contributed by atoms with E-state index in [4.69, 9.17) is 4.42 Å². The number of amides is 1. The molecule has 1 amide bonds. The van der Waals surface area contributed by atoms with Gasteiger partial charge in [-0.3, -0.25) is 10.1 Å². The zero-order chi connectivity index (χ0) is 15.5. The third-order valence-electron chi connectivity index (χ3n) is 2.88. The molecule has 8 heteroatoms. The average molecular weight is 380 g/mol. The number of hydrogen-bond acceptors (Lipinski definition) is 6. The summed E-state index contributed by atoms with van der Waals surface area (Å²) in [7, 11) is 0. The number of hydrogen-bond donors (Lipinski definition) is 1. The molecule has 2 heterocycles. The molecule has 2 aromatic heterocycles. The zero-order valence-corrected chi connectivity index (χ0v) is 13.6. The normalized spacial score (nSPS) is 10.8. The number of para-hydroxylation sites is 1. The maximum absolute atomic E-state index is 12.2. The number of rotatable bonds is 4. The van der Waals surface area contributed by atoms with E-state index < -0.39 is 11.5 Å². The molecule has 0 bridgehead atoms. The standard InChI is InChI=1S/C14H10BrN3O3S/c15-6-5-11-17-18-14(22-11)16-12(19)9-7-8-3-1-2-4-10(8)21-13(9)20/h1-4,7H,5-6H2,(H,16,18,19). The predicted molar refractivity (Wildman–Crippen MR) is 87.8 cm³/mol. The number of nitrogens with one attached hydrogen (secondary N) is 1. The maximum atomic E-state index is 12.2. The molecule has 0 unspecified atom stereocenters. The largest absolute Gasteiger partial charge is 0.422 e. The highest BCUT2D eigenvalue weighted by molar-refractivity contribution is 9.09.